The predicted octanol–water partition coefficient (Wildman–Crippen LogP) is 4.03. The van der Waals surface area contributed by atoms with E-state index in [4.69, 9.17) is 0 Å². The number of hydrogen-bond acceptors (Lipinski definition) is 4. The fourth-order valence-electron chi connectivity index (χ4n) is 4.18. The molecule has 1 atom stereocenters. The Hall–Kier alpha value is -3.56. The first-order valence-electron chi connectivity index (χ1n) is 11.8. The van der Waals surface area contributed by atoms with Gasteiger partial charge in [-0.2, -0.15) is 0 Å². The molecule has 1 aliphatic rings. The van der Waals surface area contributed by atoms with Crippen molar-refractivity contribution in [3.05, 3.63) is 95.8 Å². The number of sulfonamides is 1. The standard InChI is InChI=1S/C27H28FN3O4S/c28-21-12-10-20(11-13-21)26(32)30-25(18-19-6-2-1-3-7-19)27(33)29-22-14-16-24(17-15-22)36(34,35)31-23-8-4-5-9-23/h1-3,6-7,10-17,23,25,31H,4-5,8-9,18H2,(H,29,33)(H,30,32)/t25-/m0/s1. The van der Waals surface area contributed by atoms with Gasteiger partial charge >= 0.3 is 0 Å². The highest BCUT2D eigenvalue weighted by Gasteiger charge is 2.24. The molecule has 0 heterocycles. The number of anilines is 1. The van der Waals surface area contributed by atoms with Gasteiger partial charge in [0.2, 0.25) is 15.9 Å². The van der Waals surface area contributed by atoms with Crippen LogP contribution in [0.2, 0.25) is 0 Å². The molecule has 0 spiro atoms. The van der Waals surface area contributed by atoms with Crippen LogP contribution in [0.25, 0.3) is 0 Å². The number of carbonyl (C=O) groups is 2. The lowest BCUT2D eigenvalue weighted by molar-refractivity contribution is -0.118. The van der Waals surface area contributed by atoms with Gasteiger partial charge in [-0.25, -0.2) is 17.5 Å². The number of nitrogens with one attached hydrogen (secondary N) is 3. The second kappa shape index (κ2) is 11.5. The molecule has 1 aliphatic carbocycles. The zero-order valence-electron chi connectivity index (χ0n) is 19.6. The van der Waals surface area contributed by atoms with Gasteiger partial charge in [0.1, 0.15) is 11.9 Å². The molecular weight excluding hydrogens is 481 g/mol. The van der Waals surface area contributed by atoms with Crippen LogP contribution in [-0.4, -0.2) is 32.3 Å². The summed E-state index contributed by atoms with van der Waals surface area (Å²) in [5.41, 5.74) is 1.47. The molecule has 9 heteroatoms. The predicted molar refractivity (Wildman–Crippen MR) is 135 cm³/mol. The average Bonchev–Trinajstić information content (AvgIpc) is 3.37. The molecule has 3 aromatic carbocycles. The molecule has 7 nitrogen and oxygen atoms in total. The average molecular weight is 510 g/mol. The summed E-state index contributed by atoms with van der Waals surface area (Å²) >= 11 is 0. The van der Waals surface area contributed by atoms with Crippen LogP contribution in [0.3, 0.4) is 0 Å². The number of hydrogen-bond donors (Lipinski definition) is 3. The lowest BCUT2D eigenvalue weighted by Gasteiger charge is -2.19. The largest absolute Gasteiger partial charge is 0.340 e. The van der Waals surface area contributed by atoms with E-state index in [0.29, 0.717) is 5.69 Å². The molecule has 0 radical (unpaired) electrons. The van der Waals surface area contributed by atoms with E-state index >= 15 is 0 Å². The first-order valence-corrected chi connectivity index (χ1v) is 13.3. The molecule has 1 fully saturated rings. The Kier molecular flexibility index (Phi) is 8.12. The Morgan fingerprint density at radius 3 is 2.17 bits per heavy atom. The maximum Gasteiger partial charge on any atom is 0.251 e. The normalized spacial score (nSPS) is 14.8. The summed E-state index contributed by atoms with van der Waals surface area (Å²) in [6, 6.07) is 19.2. The zero-order chi connectivity index (χ0) is 25.5. The maximum atomic E-state index is 13.2. The monoisotopic (exact) mass is 509 g/mol. The SMILES string of the molecule is O=C(N[C@@H](Cc1ccccc1)C(=O)Nc1ccc(S(=O)(=O)NC2CCCC2)cc1)c1ccc(F)cc1. The van der Waals surface area contributed by atoms with Crippen LogP contribution in [0.5, 0.6) is 0 Å². The van der Waals surface area contributed by atoms with Gasteiger partial charge in [0.25, 0.3) is 5.91 Å². The van der Waals surface area contributed by atoms with Crippen molar-refractivity contribution in [1.29, 1.82) is 0 Å². The third-order valence-electron chi connectivity index (χ3n) is 6.12. The molecule has 1 saturated carbocycles. The molecule has 0 aromatic heterocycles. The molecule has 2 amide bonds. The summed E-state index contributed by atoms with van der Waals surface area (Å²) in [6.07, 6.45) is 3.93. The minimum atomic E-state index is -3.64. The van der Waals surface area contributed by atoms with Gasteiger partial charge in [-0.15, -0.1) is 0 Å². The molecule has 4 rings (SSSR count). The van der Waals surface area contributed by atoms with E-state index in [2.05, 4.69) is 15.4 Å². The van der Waals surface area contributed by atoms with E-state index in [0.717, 1.165) is 31.2 Å². The highest BCUT2D eigenvalue weighted by Crippen LogP contribution is 2.21. The van der Waals surface area contributed by atoms with Crippen molar-refractivity contribution in [2.24, 2.45) is 0 Å². The molecule has 36 heavy (non-hydrogen) atoms. The van der Waals surface area contributed by atoms with Gasteiger partial charge < -0.3 is 10.6 Å². The Labute approximate surface area is 210 Å². The smallest absolute Gasteiger partial charge is 0.251 e. The Morgan fingerprint density at radius 2 is 1.53 bits per heavy atom. The van der Waals surface area contributed by atoms with Gasteiger partial charge in [-0.1, -0.05) is 43.2 Å². The summed E-state index contributed by atoms with van der Waals surface area (Å²) in [6.45, 7) is 0. The van der Waals surface area contributed by atoms with E-state index in [1.165, 1.54) is 48.5 Å². The first kappa shape index (κ1) is 25.5. The number of benzene rings is 3. The minimum Gasteiger partial charge on any atom is -0.340 e. The van der Waals surface area contributed by atoms with Crippen LogP contribution in [0.15, 0.2) is 83.8 Å². The quantitative estimate of drug-likeness (QED) is 0.405. The first-order chi connectivity index (χ1) is 17.3. The van der Waals surface area contributed by atoms with Gasteiger partial charge in [0.05, 0.1) is 4.90 Å². The fourth-order valence-corrected chi connectivity index (χ4v) is 5.48. The summed E-state index contributed by atoms with van der Waals surface area (Å²) in [5, 5.41) is 5.47. The van der Waals surface area contributed by atoms with E-state index in [1.54, 1.807) is 0 Å². The molecule has 0 aliphatic heterocycles. The van der Waals surface area contributed by atoms with Crippen LogP contribution < -0.4 is 15.4 Å². The minimum absolute atomic E-state index is 0.0437. The molecule has 0 unspecified atom stereocenters. The lowest BCUT2D eigenvalue weighted by atomic mass is 10.0. The fraction of sp³-hybridized carbons (Fsp3) is 0.259. The number of halogens is 1. The summed E-state index contributed by atoms with van der Waals surface area (Å²) < 4.78 is 41.2. The van der Waals surface area contributed by atoms with E-state index in [-0.39, 0.29) is 22.9 Å². The molecule has 0 bridgehead atoms. The maximum absolute atomic E-state index is 13.2. The van der Waals surface area contributed by atoms with E-state index in [1.807, 2.05) is 30.3 Å². The highest BCUT2D eigenvalue weighted by atomic mass is 32.2. The Balaban J connectivity index is 1.46. The van der Waals surface area contributed by atoms with Crippen LogP contribution >= 0.6 is 0 Å². The van der Waals surface area contributed by atoms with Gasteiger partial charge in [-0.3, -0.25) is 9.59 Å². The summed E-state index contributed by atoms with van der Waals surface area (Å²) in [7, 11) is -3.64. The number of carbonyl (C=O) groups excluding carboxylic acids is 2. The third kappa shape index (κ3) is 6.77. The molecule has 3 aromatic rings. The molecule has 3 N–H and O–H groups in total. The Bertz CT molecular complexity index is 1290. The van der Waals surface area contributed by atoms with Crippen LogP contribution in [0.1, 0.15) is 41.6 Å². The summed E-state index contributed by atoms with van der Waals surface area (Å²) in [4.78, 5) is 26.0. The van der Waals surface area contributed by atoms with Crippen LogP contribution in [0, 0.1) is 5.82 Å². The lowest BCUT2D eigenvalue weighted by Crippen LogP contribution is -2.45. The number of amides is 2. The van der Waals surface area contributed by atoms with Crippen molar-refractivity contribution >= 4 is 27.5 Å². The van der Waals surface area contributed by atoms with Crippen LogP contribution in [-0.2, 0) is 21.2 Å². The second-order valence-electron chi connectivity index (χ2n) is 8.84. The van der Waals surface area contributed by atoms with Crippen molar-refractivity contribution in [3.8, 4) is 0 Å². The zero-order valence-corrected chi connectivity index (χ0v) is 20.4. The topological polar surface area (TPSA) is 104 Å². The highest BCUT2D eigenvalue weighted by molar-refractivity contribution is 7.89. The molecule has 188 valence electrons. The molecule has 0 saturated heterocycles. The van der Waals surface area contributed by atoms with Crippen molar-refractivity contribution in [2.45, 2.75) is 49.1 Å². The number of rotatable bonds is 9. The second-order valence-corrected chi connectivity index (χ2v) is 10.6. The third-order valence-corrected chi connectivity index (χ3v) is 7.66. The van der Waals surface area contributed by atoms with Gasteiger partial charge in [0, 0.05) is 23.7 Å². The van der Waals surface area contributed by atoms with Crippen molar-refractivity contribution in [3.63, 3.8) is 0 Å². The van der Waals surface area contributed by atoms with Crippen molar-refractivity contribution < 1.29 is 22.4 Å². The van der Waals surface area contributed by atoms with Gasteiger partial charge in [-0.05, 0) is 66.9 Å². The van der Waals surface area contributed by atoms with Crippen molar-refractivity contribution in [1.82, 2.24) is 10.0 Å². The van der Waals surface area contributed by atoms with Gasteiger partial charge in [0.15, 0.2) is 0 Å². The Morgan fingerprint density at radius 1 is 0.889 bits per heavy atom. The van der Waals surface area contributed by atoms with Crippen LogP contribution in [0.4, 0.5) is 10.1 Å². The van der Waals surface area contributed by atoms with Crippen molar-refractivity contribution in [2.75, 3.05) is 5.32 Å². The van der Waals surface area contributed by atoms with E-state index < -0.39 is 33.7 Å². The molecular formula is C27H28FN3O4S. The summed E-state index contributed by atoms with van der Waals surface area (Å²) in [5.74, 6) is -1.44. The van der Waals surface area contributed by atoms with E-state index in [9.17, 15) is 22.4 Å².